The maximum absolute atomic E-state index is 12.1. The average molecular weight is 420 g/mol. The minimum absolute atomic E-state index is 0.177. The van der Waals surface area contributed by atoms with Crippen LogP contribution in [0.25, 0.3) is 22.2 Å². The van der Waals surface area contributed by atoms with Crippen molar-refractivity contribution in [1.82, 2.24) is 15.0 Å². The Labute approximate surface area is 174 Å². The first kappa shape index (κ1) is 19.8. The highest BCUT2D eigenvalue weighted by Crippen LogP contribution is 2.33. The van der Waals surface area contributed by atoms with E-state index in [4.69, 9.17) is 4.74 Å². The van der Waals surface area contributed by atoms with Crippen molar-refractivity contribution in [3.63, 3.8) is 0 Å². The summed E-state index contributed by atoms with van der Waals surface area (Å²) in [4.78, 5) is 13.2. The molecule has 0 saturated carbocycles. The molecule has 2 aromatic carbocycles. The first-order chi connectivity index (χ1) is 14.5. The van der Waals surface area contributed by atoms with Gasteiger partial charge in [-0.15, -0.1) is 0 Å². The van der Waals surface area contributed by atoms with Crippen LogP contribution in [0.4, 0.5) is 11.4 Å². The summed E-state index contributed by atoms with van der Waals surface area (Å²) in [7, 11) is -3.42. The molecular weight excluding hydrogens is 400 g/mol. The van der Waals surface area contributed by atoms with Crippen LogP contribution in [-0.2, 0) is 9.84 Å². The second kappa shape index (κ2) is 8.08. The first-order valence-electron chi connectivity index (χ1n) is 9.35. The molecule has 8 heteroatoms. The molecule has 0 unspecified atom stereocenters. The van der Waals surface area contributed by atoms with Gasteiger partial charge < -0.3 is 10.1 Å². The largest absolute Gasteiger partial charge is 0.494 e. The highest BCUT2D eigenvalue weighted by molar-refractivity contribution is 7.90. The minimum Gasteiger partial charge on any atom is -0.494 e. The Kier molecular flexibility index (Phi) is 5.33. The number of hydrogen-bond acceptors (Lipinski definition) is 7. The van der Waals surface area contributed by atoms with E-state index in [0.717, 1.165) is 22.4 Å². The second-order valence-corrected chi connectivity index (χ2v) is 8.66. The van der Waals surface area contributed by atoms with Gasteiger partial charge in [0.05, 0.1) is 34.4 Å². The second-order valence-electron chi connectivity index (χ2n) is 6.68. The van der Waals surface area contributed by atoms with E-state index in [0.29, 0.717) is 23.5 Å². The zero-order valence-corrected chi connectivity index (χ0v) is 17.3. The van der Waals surface area contributed by atoms with Gasteiger partial charge in [0.2, 0.25) is 0 Å². The molecule has 0 atom stereocenters. The lowest BCUT2D eigenvalue weighted by molar-refractivity contribution is 0.340. The van der Waals surface area contributed by atoms with E-state index in [1.54, 1.807) is 12.4 Å². The molecule has 0 fully saturated rings. The number of benzene rings is 2. The van der Waals surface area contributed by atoms with Crippen molar-refractivity contribution in [2.24, 2.45) is 0 Å². The van der Waals surface area contributed by atoms with Gasteiger partial charge in [-0.1, -0.05) is 12.1 Å². The predicted molar refractivity (Wildman–Crippen MR) is 117 cm³/mol. The van der Waals surface area contributed by atoms with Crippen LogP contribution < -0.4 is 10.1 Å². The van der Waals surface area contributed by atoms with Crippen molar-refractivity contribution in [3.8, 4) is 16.9 Å². The molecule has 0 radical (unpaired) electrons. The van der Waals surface area contributed by atoms with E-state index in [1.807, 2.05) is 43.3 Å². The molecule has 4 aromatic rings. The van der Waals surface area contributed by atoms with Crippen LogP contribution in [0.15, 0.2) is 72.1 Å². The normalized spacial score (nSPS) is 11.4. The Morgan fingerprint density at radius 2 is 1.87 bits per heavy atom. The van der Waals surface area contributed by atoms with Crippen LogP contribution in [0.5, 0.6) is 5.75 Å². The SMILES string of the molecule is CCOc1cccc(-c2cc(Nc3cnccc3S(C)(=O)=O)cc3nccnc23)c1. The number of fused-ring (bicyclic) bond motifs is 1. The molecule has 0 aliphatic rings. The number of anilines is 2. The first-order valence-corrected chi connectivity index (χ1v) is 11.2. The summed E-state index contributed by atoms with van der Waals surface area (Å²) in [6, 6.07) is 13.0. The standard InChI is InChI=1S/C22H20N4O3S/c1-3-29-17-6-4-5-15(11-17)18-12-16(13-19-22(18)25-10-9-24-19)26-20-14-23-8-7-21(20)30(2,27)28/h4-14,26H,3H2,1-2H3. The molecule has 0 spiro atoms. The summed E-state index contributed by atoms with van der Waals surface area (Å²) >= 11 is 0. The zero-order valence-electron chi connectivity index (χ0n) is 16.5. The predicted octanol–water partition coefficient (Wildman–Crippen LogP) is 4.24. The summed E-state index contributed by atoms with van der Waals surface area (Å²) < 4.78 is 29.9. The average Bonchev–Trinajstić information content (AvgIpc) is 2.73. The van der Waals surface area contributed by atoms with Crippen LogP contribution in [0, 0.1) is 0 Å². The van der Waals surface area contributed by atoms with Crippen molar-refractivity contribution < 1.29 is 13.2 Å². The van der Waals surface area contributed by atoms with E-state index >= 15 is 0 Å². The third kappa shape index (κ3) is 4.08. The zero-order chi connectivity index (χ0) is 21.1. The molecule has 7 nitrogen and oxygen atoms in total. The summed E-state index contributed by atoms with van der Waals surface area (Å²) in [5.41, 5.74) is 4.28. The number of hydrogen-bond donors (Lipinski definition) is 1. The van der Waals surface area contributed by atoms with Gasteiger partial charge in [-0.2, -0.15) is 0 Å². The fourth-order valence-electron chi connectivity index (χ4n) is 3.24. The maximum Gasteiger partial charge on any atom is 0.177 e. The summed E-state index contributed by atoms with van der Waals surface area (Å²) in [5.74, 6) is 0.761. The van der Waals surface area contributed by atoms with Crippen molar-refractivity contribution in [2.75, 3.05) is 18.2 Å². The topological polar surface area (TPSA) is 94.1 Å². The molecule has 0 amide bonds. The van der Waals surface area contributed by atoms with Gasteiger partial charge >= 0.3 is 0 Å². The lowest BCUT2D eigenvalue weighted by atomic mass is 10.0. The number of ether oxygens (including phenoxy) is 1. The van der Waals surface area contributed by atoms with E-state index in [9.17, 15) is 8.42 Å². The number of aromatic nitrogens is 3. The molecule has 4 rings (SSSR count). The number of nitrogens with zero attached hydrogens (tertiary/aromatic N) is 3. The molecule has 0 saturated heterocycles. The third-order valence-corrected chi connectivity index (χ3v) is 5.64. The van der Waals surface area contributed by atoms with Crippen LogP contribution in [0.3, 0.4) is 0 Å². The Hall–Kier alpha value is -3.52. The maximum atomic E-state index is 12.1. The molecule has 2 aromatic heterocycles. The monoisotopic (exact) mass is 420 g/mol. The molecular formula is C22H20N4O3S. The molecule has 0 aliphatic carbocycles. The minimum atomic E-state index is -3.42. The quantitative estimate of drug-likeness (QED) is 0.499. The van der Waals surface area contributed by atoms with Crippen molar-refractivity contribution in [3.05, 3.63) is 67.3 Å². The van der Waals surface area contributed by atoms with E-state index < -0.39 is 9.84 Å². The van der Waals surface area contributed by atoms with E-state index in [-0.39, 0.29) is 4.90 Å². The van der Waals surface area contributed by atoms with Gasteiger partial charge in [-0.05, 0) is 42.8 Å². The highest BCUT2D eigenvalue weighted by atomic mass is 32.2. The van der Waals surface area contributed by atoms with Crippen molar-refractivity contribution in [2.45, 2.75) is 11.8 Å². The van der Waals surface area contributed by atoms with E-state index in [1.165, 1.54) is 24.7 Å². The highest BCUT2D eigenvalue weighted by Gasteiger charge is 2.15. The van der Waals surface area contributed by atoms with Gasteiger partial charge in [0.15, 0.2) is 9.84 Å². The van der Waals surface area contributed by atoms with Gasteiger partial charge in [0.1, 0.15) is 5.75 Å². The van der Waals surface area contributed by atoms with Crippen LogP contribution >= 0.6 is 0 Å². The number of sulfone groups is 1. The summed E-state index contributed by atoms with van der Waals surface area (Å²) in [6.07, 6.45) is 7.39. The fraction of sp³-hybridized carbons (Fsp3) is 0.136. The smallest absolute Gasteiger partial charge is 0.177 e. The lowest BCUT2D eigenvalue weighted by Gasteiger charge is -2.14. The third-order valence-electron chi connectivity index (χ3n) is 4.49. The Bertz CT molecular complexity index is 1320. The number of nitrogens with one attached hydrogen (secondary N) is 1. The summed E-state index contributed by atoms with van der Waals surface area (Å²) in [5, 5.41) is 3.18. The van der Waals surface area contributed by atoms with E-state index in [2.05, 4.69) is 20.3 Å². The van der Waals surface area contributed by atoms with Crippen LogP contribution in [0.1, 0.15) is 6.92 Å². The molecule has 0 bridgehead atoms. The van der Waals surface area contributed by atoms with Crippen molar-refractivity contribution >= 4 is 32.2 Å². The van der Waals surface area contributed by atoms with Gasteiger partial charge in [0.25, 0.3) is 0 Å². The Morgan fingerprint density at radius 1 is 1.03 bits per heavy atom. The molecule has 1 N–H and O–H groups in total. The molecule has 30 heavy (non-hydrogen) atoms. The molecule has 2 heterocycles. The van der Waals surface area contributed by atoms with Gasteiger partial charge in [0, 0.05) is 36.1 Å². The van der Waals surface area contributed by atoms with Crippen molar-refractivity contribution in [1.29, 1.82) is 0 Å². The number of rotatable bonds is 6. The Balaban J connectivity index is 1.85. The Morgan fingerprint density at radius 3 is 2.67 bits per heavy atom. The molecule has 0 aliphatic heterocycles. The lowest BCUT2D eigenvalue weighted by Crippen LogP contribution is -2.03. The van der Waals surface area contributed by atoms with Gasteiger partial charge in [-0.25, -0.2) is 8.42 Å². The summed E-state index contributed by atoms with van der Waals surface area (Å²) in [6.45, 7) is 2.51. The number of pyridine rings is 1. The molecule has 152 valence electrons. The van der Waals surface area contributed by atoms with Gasteiger partial charge in [-0.3, -0.25) is 15.0 Å². The van der Waals surface area contributed by atoms with Crippen LogP contribution in [0.2, 0.25) is 0 Å². The van der Waals surface area contributed by atoms with Crippen LogP contribution in [-0.4, -0.2) is 36.2 Å². The fourth-order valence-corrected chi connectivity index (χ4v) is 4.05.